The van der Waals surface area contributed by atoms with Crippen LogP contribution in [0.1, 0.15) is 37.8 Å². The Morgan fingerprint density at radius 1 is 0.839 bits per heavy atom. The minimum absolute atomic E-state index is 0.303. The molecule has 0 heterocycles. The van der Waals surface area contributed by atoms with Crippen molar-refractivity contribution in [3.05, 3.63) is 63.1 Å². The standard InChI is InChI=1S/C22H23Cl3N2O4/c1-3-9-30-21(28)26-19-11-14(5-7-17(19)24)16(13-23)15-6-8-18(25)20(12-15)27-22(29)31-10-4-2/h5-8,11-13H,3-4,9-10H2,1-2H3,(H,26,28)(H,27,29). The summed E-state index contributed by atoms with van der Waals surface area (Å²) in [4.78, 5) is 23.8. The van der Waals surface area contributed by atoms with Crippen molar-refractivity contribution in [3.63, 3.8) is 0 Å². The van der Waals surface area contributed by atoms with Crippen molar-refractivity contribution < 1.29 is 19.1 Å². The number of hydrogen-bond acceptors (Lipinski definition) is 4. The lowest BCUT2D eigenvalue weighted by Crippen LogP contribution is -2.14. The average molecular weight is 486 g/mol. The third-order valence-electron chi connectivity index (χ3n) is 4.01. The first-order valence-electron chi connectivity index (χ1n) is 9.67. The molecule has 0 bridgehead atoms. The summed E-state index contributed by atoms with van der Waals surface area (Å²) in [6.45, 7) is 4.41. The monoisotopic (exact) mass is 484 g/mol. The van der Waals surface area contributed by atoms with Crippen LogP contribution in [-0.2, 0) is 9.47 Å². The molecule has 0 unspecified atom stereocenters. The van der Waals surface area contributed by atoms with Crippen molar-refractivity contribution in [3.8, 4) is 0 Å². The van der Waals surface area contributed by atoms with Crippen LogP contribution >= 0.6 is 34.8 Å². The Balaban J connectivity index is 2.30. The lowest BCUT2D eigenvalue weighted by molar-refractivity contribution is 0.161. The molecule has 2 rings (SSSR count). The predicted octanol–water partition coefficient (Wildman–Crippen LogP) is 7.54. The van der Waals surface area contributed by atoms with Gasteiger partial charge in [-0.1, -0.05) is 60.8 Å². The molecule has 0 aliphatic carbocycles. The topological polar surface area (TPSA) is 76.7 Å². The fraction of sp³-hybridized carbons (Fsp3) is 0.273. The fourth-order valence-corrected chi connectivity index (χ4v) is 3.13. The van der Waals surface area contributed by atoms with Crippen molar-refractivity contribution in [1.29, 1.82) is 0 Å². The van der Waals surface area contributed by atoms with Crippen LogP contribution in [0.25, 0.3) is 5.57 Å². The van der Waals surface area contributed by atoms with Gasteiger partial charge in [0.2, 0.25) is 0 Å². The van der Waals surface area contributed by atoms with E-state index in [-0.39, 0.29) is 0 Å². The van der Waals surface area contributed by atoms with Gasteiger partial charge in [-0.3, -0.25) is 10.6 Å². The van der Waals surface area contributed by atoms with Crippen LogP contribution in [0.5, 0.6) is 0 Å². The molecule has 0 radical (unpaired) electrons. The normalized spacial score (nSPS) is 10.2. The van der Waals surface area contributed by atoms with Crippen molar-refractivity contribution in [1.82, 2.24) is 0 Å². The third-order valence-corrected chi connectivity index (χ3v) is 4.89. The number of hydrogen-bond donors (Lipinski definition) is 2. The number of anilines is 2. The van der Waals surface area contributed by atoms with Crippen molar-refractivity contribution >= 4 is 63.9 Å². The molecule has 9 heteroatoms. The number of nitrogens with one attached hydrogen (secondary N) is 2. The highest BCUT2D eigenvalue weighted by atomic mass is 35.5. The molecule has 2 aromatic rings. The first-order chi connectivity index (χ1) is 14.9. The molecule has 0 spiro atoms. The SMILES string of the molecule is CCCOC(=O)Nc1cc(C(=CCl)c2ccc(Cl)c(NC(=O)OCCC)c2)ccc1Cl. The van der Waals surface area contributed by atoms with Gasteiger partial charge in [-0.15, -0.1) is 0 Å². The Hall–Kier alpha value is -2.41. The van der Waals surface area contributed by atoms with Gasteiger partial charge in [-0.2, -0.15) is 0 Å². The van der Waals surface area contributed by atoms with Gasteiger partial charge in [-0.05, 0) is 48.2 Å². The molecule has 0 fully saturated rings. The molecule has 0 aliphatic heterocycles. The molecule has 0 saturated heterocycles. The molecule has 0 atom stereocenters. The average Bonchev–Trinajstić information content (AvgIpc) is 2.75. The number of halogens is 3. The highest BCUT2D eigenvalue weighted by Crippen LogP contribution is 2.33. The van der Waals surface area contributed by atoms with Crippen LogP contribution in [0.15, 0.2) is 41.9 Å². The maximum atomic E-state index is 11.9. The van der Waals surface area contributed by atoms with Crippen molar-refractivity contribution in [2.24, 2.45) is 0 Å². The lowest BCUT2D eigenvalue weighted by atomic mass is 9.98. The van der Waals surface area contributed by atoms with Crippen LogP contribution in [0.4, 0.5) is 21.0 Å². The summed E-state index contributed by atoms with van der Waals surface area (Å²) in [7, 11) is 0. The van der Waals surface area contributed by atoms with Crippen LogP contribution in [0.2, 0.25) is 10.0 Å². The zero-order valence-corrected chi connectivity index (χ0v) is 19.4. The number of carbonyl (C=O) groups excluding carboxylic acids is 2. The van der Waals surface area contributed by atoms with Gasteiger partial charge in [0.25, 0.3) is 0 Å². The van der Waals surface area contributed by atoms with E-state index in [0.717, 1.165) is 0 Å². The van der Waals surface area contributed by atoms with Crippen molar-refractivity contribution in [2.75, 3.05) is 23.8 Å². The molecule has 0 saturated carbocycles. The second-order valence-electron chi connectivity index (χ2n) is 6.43. The summed E-state index contributed by atoms with van der Waals surface area (Å²) in [5, 5.41) is 5.95. The zero-order chi connectivity index (χ0) is 22.8. The zero-order valence-electron chi connectivity index (χ0n) is 17.1. The minimum Gasteiger partial charge on any atom is -0.449 e. The molecule has 0 aliphatic rings. The summed E-state index contributed by atoms with van der Waals surface area (Å²) >= 11 is 18.5. The molecule has 31 heavy (non-hydrogen) atoms. The molecule has 2 amide bonds. The van der Waals surface area contributed by atoms with Gasteiger partial charge in [0.15, 0.2) is 0 Å². The predicted molar refractivity (Wildman–Crippen MR) is 126 cm³/mol. The van der Waals surface area contributed by atoms with E-state index in [4.69, 9.17) is 44.3 Å². The maximum Gasteiger partial charge on any atom is 0.411 e. The van der Waals surface area contributed by atoms with Gasteiger partial charge in [0, 0.05) is 11.1 Å². The second-order valence-corrected chi connectivity index (χ2v) is 7.47. The molecule has 166 valence electrons. The molecule has 2 N–H and O–H groups in total. The Bertz CT molecular complexity index is 890. The van der Waals surface area contributed by atoms with E-state index < -0.39 is 12.2 Å². The number of rotatable bonds is 8. The smallest absolute Gasteiger partial charge is 0.411 e. The molecule has 6 nitrogen and oxygen atoms in total. The third kappa shape index (κ3) is 7.35. The highest BCUT2D eigenvalue weighted by molar-refractivity contribution is 6.34. The number of ether oxygens (including phenoxy) is 2. The Morgan fingerprint density at radius 2 is 1.26 bits per heavy atom. The largest absolute Gasteiger partial charge is 0.449 e. The summed E-state index contributed by atoms with van der Waals surface area (Å²) in [5.74, 6) is 0. The summed E-state index contributed by atoms with van der Waals surface area (Å²) in [6.07, 6.45) is 0.222. The summed E-state index contributed by atoms with van der Waals surface area (Å²) in [6, 6.07) is 10.2. The van der Waals surface area contributed by atoms with E-state index in [1.807, 2.05) is 13.8 Å². The Labute approximate surface area is 196 Å². The summed E-state index contributed by atoms with van der Waals surface area (Å²) < 4.78 is 10.1. The number of benzene rings is 2. The maximum absolute atomic E-state index is 11.9. The van der Waals surface area contributed by atoms with E-state index >= 15 is 0 Å². The van der Waals surface area contributed by atoms with E-state index in [1.165, 1.54) is 5.54 Å². The van der Waals surface area contributed by atoms with Crippen molar-refractivity contribution in [2.45, 2.75) is 26.7 Å². The molecule has 2 aromatic carbocycles. The molecular weight excluding hydrogens is 463 g/mol. The second kappa shape index (κ2) is 12.4. The quantitative estimate of drug-likeness (QED) is 0.405. The van der Waals surface area contributed by atoms with Gasteiger partial charge < -0.3 is 9.47 Å². The van der Waals surface area contributed by atoms with Gasteiger partial charge in [0.05, 0.1) is 34.6 Å². The van der Waals surface area contributed by atoms with Crippen LogP contribution < -0.4 is 10.6 Å². The fourth-order valence-electron chi connectivity index (χ4n) is 2.55. The first-order valence-corrected chi connectivity index (χ1v) is 10.9. The molecule has 0 aromatic heterocycles. The van der Waals surface area contributed by atoms with Gasteiger partial charge in [-0.25, -0.2) is 9.59 Å². The lowest BCUT2D eigenvalue weighted by Gasteiger charge is -2.14. The minimum atomic E-state index is -0.596. The van der Waals surface area contributed by atoms with E-state index in [1.54, 1.807) is 36.4 Å². The van der Waals surface area contributed by atoms with Crippen LogP contribution in [0, 0.1) is 0 Å². The van der Waals surface area contributed by atoms with E-state index in [9.17, 15) is 9.59 Å². The van der Waals surface area contributed by atoms with Crippen LogP contribution in [0.3, 0.4) is 0 Å². The van der Waals surface area contributed by atoms with Gasteiger partial charge in [0.1, 0.15) is 0 Å². The number of amides is 2. The van der Waals surface area contributed by atoms with Gasteiger partial charge >= 0.3 is 12.2 Å². The highest BCUT2D eigenvalue weighted by Gasteiger charge is 2.14. The molecular formula is C22H23Cl3N2O4. The van der Waals surface area contributed by atoms with E-state index in [2.05, 4.69) is 10.6 Å². The van der Waals surface area contributed by atoms with E-state index in [0.29, 0.717) is 64.2 Å². The Morgan fingerprint density at radius 3 is 1.61 bits per heavy atom. The summed E-state index contributed by atoms with van der Waals surface area (Å²) in [5.41, 5.74) is 4.16. The van der Waals surface area contributed by atoms with Crippen LogP contribution in [-0.4, -0.2) is 25.4 Å². The number of carbonyl (C=O) groups is 2. The first kappa shape index (κ1) is 24.9. The Kier molecular flexibility index (Phi) is 9.98.